The molecule has 0 aliphatic carbocycles. The number of fused-ring (bicyclic) bond motifs is 1. The number of nitrogens with one attached hydrogen (secondary N) is 1. The molecule has 2 aliphatic heterocycles. The van der Waals surface area contributed by atoms with Gasteiger partial charge in [0, 0.05) is 48.7 Å². The van der Waals surface area contributed by atoms with Crippen LogP contribution in [0.1, 0.15) is 10.5 Å². The van der Waals surface area contributed by atoms with E-state index in [-0.39, 0.29) is 11.3 Å². The number of hydrogen-bond acceptors (Lipinski definition) is 7. The lowest BCUT2D eigenvalue weighted by Gasteiger charge is -2.27. The molecule has 2 aliphatic rings. The molecule has 1 N–H and O–H groups in total. The fourth-order valence-corrected chi connectivity index (χ4v) is 3.89. The Morgan fingerprint density at radius 1 is 1.43 bits per heavy atom. The van der Waals surface area contributed by atoms with Gasteiger partial charge in [0.2, 0.25) is 5.95 Å². The number of hydrogen-bond donors (Lipinski definition) is 1. The van der Waals surface area contributed by atoms with Crippen molar-refractivity contribution in [1.29, 1.82) is 0 Å². The molecular weight excluding hydrogens is 314 g/mol. The molecule has 0 aromatic carbocycles. The molecule has 23 heavy (non-hydrogen) atoms. The summed E-state index contributed by atoms with van der Waals surface area (Å²) in [7, 11) is 0. The number of nitrogens with zero attached hydrogens (tertiary/aromatic N) is 4. The molecule has 2 saturated heterocycles. The summed E-state index contributed by atoms with van der Waals surface area (Å²) >= 11 is 1.42. The average Bonchev–Trinajstić information content (AvgIpc) is 3.29. The zero-order valence-corrected chi connectivity index (χ0v) is 13.3. The SMILES string of the molecule is O=C(NC[C@]12COC[C@H]1CN(c1ncccn1)C2)c1cscn1. The molecular formula is C15H17N5O2S. The topological polar surface area (TPSA) is 80.2 Å². The molecule has 2 atom stereocenters. The fourth-order valence-electron chi connectivity index (χ4n) is 3.36. The van der Waals surface area contributed by atoms with Crippen molar-refractivity contribution in [3.63, 3.8) is 0 Å². The Kier molecular flexibility index (Phi) is 3.70. The van der Waals surface area contributed by atoms with Crippen molar-refractivity contribution in [2.24, 2.45) is 11.3 Å². The van der Waals surface area contributed by atoms with Crippen molar-refractivity contribution in [3.8, 4) is 0 Å². The van der Waals surface area contributed by atoms with E-state index in [1.807, 2.05) is 6.07 Å². The molecule has 0 unspecified atom stereocenters. The van der Waals surface area contributed by atoms with Gasteiger partial charge in [0.25, 0.3) is 5.91 Å². The van der Waals surface area contributed by atoms with Gasteiger partial charge in [0.15, 0.2) is 0 Å². The van der Waals surface area contributed by atoms with Gasteiger partial charge in [-0.2, -0.15) is 0 Å². The van der Waals surface area contributed by atoms with Gasteiger partial charge in [-0.15, -0.1) is 11.3 Å². The third-order valence-corrected chi connectivity index (χ3v) is 5.21. The first kappa shape index (κ1) is 14.5. The number of amides is 1. The molecule has 2 aromatic rings. The summed E-state index contributed by atoms with van der Waals surface area (Å²) in [6.07, 6.45) is 3.51. The smallest absolute Gasteiger partial charge is 0.270 e. The minimum atomic E-state index is -0.124. The van der Waals surface area contributed by atoms with Crippen LogP contribution in [0.5, 0.6) is 0 Å². The Balaban J connectivity index is 1.46. The molecule has 2 aromatic heterocycles. The van der Waals surface area contributed by atoms with Gasteiger partial charge in [-0.25, -0.2) is 15.0 Å². The van der Waals surface area contributed by atoms with Crippen LogP contribution in [0.4, 0.5) is 5.95 Å². The zero-order chi connectivity index (χ0) is 15.7. The summed E-state index contributed by atoms with van der Waals surface area (Å²) in [6, 6.07) is 1.81. The van der Waals surface area contributed by atoms with E-state index in [2.05, 4.69) is 25.2 Å². The maximum Gasteiger partial charge on any atom is 0.270 e. The fraction of sp³-hybridized carbons (Fsp3) is 0.467. The summed E-state index contributed by atoms with van der Waals surface area (Å²) in [4.78, 5) is 27.1. The van der Waals surface area contributed by atoms with Crippen molar-refractivity contribution >= 4 is 23.2 Å². The van der Waals surface area contributed by atoms with Crippen LogP contribution >= 0.6 is 11.3 Å². The summed E-state index contributed by atoms with van der Waals surface area (Å²) in [6.45, 7) is 3.60. The van der Waals surface area contributed by atoms with Gasteiger partial charge in [0.05, 0.1) is 18.7 Å². The second-order valence-corrected chi connectivity index (χ2v) is 6.78. The first-order chi connectivity index (χ1) is 11.3. The van der Waals surface area contributed by atoms with E-state index in [4.69, 9.17) is 4.74 Å². The van der Waals surface area contributed by atoms with Gasteiger partial charge < -0.3 is 15.0 Å². The lowest BCUT2D eigenvalue weighted by atomic mass is 9.81. The molecule has 7 nitrogen and oxygen atoms in total. The van der Waals surface area contributed by atoms with Gasteiger partial charge in [-0.3, -0.25) is 4.79 Å². The van der Waals surface area contributed by atoms with E-state index in [0.717, 1.165) is 25.6 Å². The highest BCUT2D eigenvalue weighted by Gasteiger charge is 2.51. The number of aromatic nitrogens is 3. The van der Waals surface area contributed by atoms with Crippen LogP contribution in [0, 0.1) is 11.3 Å². The van der Waals surface area contributed by atoms with Crippen molar-refractivity contribution in [1.82, 2.24) is 20.3 Å². The van der Waals surface area contributed by atoms with Crippen molar-refractivity contribution in [3.05, 3.63) is 35.0 Å². The predicted octanol–water partition coefficient (Wildman–Crippen LogP) is 0.816. The number of rotatable bonds is 4. The number of thiazole rings is 1. The largest absolute Gasteiger partial charge is 0.380 e. The minimum Gasteiger partial charge on any atom is -0.380 e. The lowest BCUT2D eigenvalue weighted by molar-refractivity contribution is 0.0916. The van der Waals surface area contributed by atoms with Crippen LogP contribution in [-0.4, -0.2) is 53.7 Å². The van der Waals surface area contributed by atoms with Crippen LogP contribution in [0.2, 0.25) is 0 Å². The minimum absolute atomic E-state index is 0.0785. The quantitative estimate of drug-likeness (QED) is 0.893. The Morgan fingerprint density at radius 3 is 3.09 bits per heavy atom. The van der Waals surface area contributed by atoms with Crippen LogP contribution in [0.25, 0.3) is 0 Å². The average molecular weight is 331 g/mol. The maximum atomic E-state index is 12.2. The highest BCUT2D eigenvalue weighted by atomic mass is 32.1. The molecule has 0 saturated carbocycles. The van der Waals surface area contributed by atoms with Crippen LogP contribution < -0.4 is 10.2 Å². The van der Waals surface area contributed by atoms with E-state index in [1.54, 1.807) is 23.3 Å². The summed E-state index contributed by atoms with van der Waals surface area (Å²) in [5.74, 6) is 0.995. The molecule has 0 radical (unpaired) electrons. The normalized spacial score (nSPS) is 26.3. The summed E-state index contributed by atoms with van der Waals surface area (Å²) in [5, 5.41) is 4.78. The third-order valence-electron chi connectivity index (χ3n) is 4.62. The molecule has 8 heteroatoms. The Morgan fingerprint density at radius 2 is 2.30 bits per heavy atom. The van der Waals surface area contributed by atoms with E-state index < -0.39 is 0 Å². The van der Waals surface area contributed by atoms with Gasteiger partial charge in [-0.1, -0.05) is 0 Å². The molecule has 4 heterocycles. The highest BCUT2D eigenvalue weighted by Crippen LogP contribution is 2.41. The van der Waals surface area contributed by atoms with E-state index in [1.165, 1.54) is 11.3 Å². The van der Waals surface area contributed by atoms with Gasteiger partial charge in [-0.05, 0) is 6.07 Å². The lowest BCUT2D eigenvalue weighted by Crippen LogP contribution is -2.43. The molecule has 2 fully saturated rings. The molecule has 4 rings (SSSR count). The predicted molar refractivity (Wildman–Crippen MR) is 85.4 cm³/mol. The third kappa shape index (κ3) is 2.68. The van der Waals surface area contributed by atoms with Gasteiger partial charge in [0.1, 0.15) is 5.69 Å². The van der Waals surface area contributed by atoms with E-state index >= 15 is 0 Å². The monoisotopic (exact) mass is 331 g/mol. The van der Waals surface area contributed by atoms with Crippen molar-refractivity contribution < 1.29 is 9.53 Å². The molecule has 1 amide bonds. The standard InChI is InChI=1S/C15H17N5O2S/c21-13(12-6-23-10-19-12)18-7-15-8-20(4-11(15)5-22-9-15)14-16-2-1-3-17-14/h1-3,6,10-11H,4-5,7-9H2,(H,18,21)/t11-,15+/m1/s1. The Bertz CT molecular complexity index is 680. The number of anilines is 1. The van der Waals surface area contributed by atoms with Crippen molar-refractivity contribution in [2.45, 2.75) is 0 Å². The second-order valence-electron chi connectivity index (χ2n) is 6.06. The second kappa shape index (κ2) is 5.86. The zero-order valence-electron chi connectivity index (χ0n) is 12.5. The van der Waals surface area contributed by atoms with Gasteiger partial charge >= 0.3 is 0 Å². The molecule has 0 bridgehead atoms. The summed E-state index contributed by atoms with van der Waals surface area (Å²) < 4.78 is 5.69. The van der Waals surface area contributed by atoms with Crippen LogP contribution in [0.3, 0.4) is 0 Å². The maximum absolute atomic E-state index is 12.2. The number of carbonyl (C=O) groups excluding carboxylic acids is 1. The molecule has 0 spiro atoms. The first-order valence-corrected chi connectivity index (χ1v) is 8.47. The van der Waals surface area contributed by atoms with Crippen LogP contribution in [-0.2, 0) is 4.74 Å². The Hall–Kier alpha value is -2.06. The Labute approximate surface area is 137 Å². The van der Waals surface area contributed by atoms with E-state index in [0.29, 0.717) is 24.8 Å². The highest BCUT2D eigenvalue weighted by molar-refractivity contribution is 7.07. The number of ether oxygens (including phenoxy) is 1. The summed E-state index contributed by atoms with van der Waals surface area (Å²) in [5.41, 5.74) is 2.06. The van der Waals surface area contributed by atoms with Crippen molar-refractivity contribution in [2.75, 3.05) is 37.7 Å². The number of carbonyl (C=O) groups is 1. The van der Waals surface area contributed by atoms with Crippen LogP contribution in [0.15, 0.2) is 29.4 Å². The first-order valence-electron chi connectivity index (χ1n) is 7.53. The van der Waals surface area contributed by atoms with E-state index in [9.17, 15) is 4.79 Å². The molecule has 120 valence electrons.